The molecular formula is C49H29N5S2. The fraction of sp³-hybridized carbons (Fsp3) is 0. The third kappa shape index (κ3) is 5.64. The molecule has 56 heavy (non-hydrogen) atoms. The molecule has 0 bridgehead atoms. The quantitative estimate of drug-likeness (QED) is 0.169. The van der Waals surface area contributed by atoms with Crippen molar-refractivity contribution in [2.75, 3.05) is 0 Å². The average molecular weight is 752 g/mol. The van der Waals surface area contributed by atoms with Crippen molar-refractivity contribution in [2.24, 2.45) is 0 Å². The van der Waals surface area contributed by atoms with Crippen LogP contribution in [-0.4, -0.2) is 24.9 Å². The SMILES string of the molecule is c1ccc(-c2nc(-c3ccccc3)nc(-c3cccc4sc5cc(-c6ccc(-c7nc(-c8ccccc8)nc8c7sc7ccccc78)cc6)ccc5c34)n2)cc1. The van der Waals surface area contributed by atoms with Gasteiger partial charge >= 0.3 is 0 Å². The second-order valence-corrected chi connectivity index (χ2v) is 15.8. The molecule has 4 aromatic heterocycles. The summed E-state index contributed by atoms with van der Waals surface area (Å²) in [5.74, 6) is 2.71. The Kier molecular flexibility index (Phi) is 7.79. The summed E-state index contributed by atoms with van der Waals surface area (Å²) in [7, 11) is 0. The van der Waals surface area contributed by atoms with E-state index in [9.17, 15) is 0 Å². The van der Waals surface area contributed by atoms with Gasteiger partial charge < -0.3 is 0 Å². The molecule has 0 N–H and O–H groups in total. The van der Waals surface area contributed by atoms with Gasteiger partial charge in [-0.3, -0.25) is 0 Å². The van der Waals surface area contributed by atoms with Crippen LogP contribution in [0.15, 0.2) is 176 Å². The summed E-state index contributed by atoms with van der Waals surface area (Å²) in [5, 5.41) is 3.50. The highest BCUT2D eigenvalue weighted by molar-refractivity contribution is 7.26. The third-order valence-corrected chi connectivity index (χ3v) is 12.5. The average Bonchev–Trinajstić information content (AvgIpc) is 3.85. The lowest BCUT2D eigenvalue weighted by atomic mass is 10.00. The van der Waals surface area contributed by atoms with Crippen LogP contribution in [-0.2, 0) is 0 Å². The van der Waals surface area contributed by atoms with Crippen LogP contribution in [0.4, 0.5) is 0 Å². The van der Waals surface area contributed by atoms with Crippen molar-refractivity contribution < 1.29 is 0 Å². The summed E-state index contributed by atoms with van der Waals surface area (Å²) in [6.45, 7) is 0. The minimum Gasteiger partial charge on any atom is -0.226 e. The molecule has 0 unspecified atom stereocenters. The van der Waals surface area contributed by atoms with Gasteiger partial charge in [-0.25, -0.2) is 24.9 Å². The van der Waals surface area contributed by atoms with Gasteiger partial charge in [0.2, 0.25) is 0 Å². The number of rotatable bonds is 6. The number of nitrogens with zero attached hydrogens (tertiary/aromatic N) is 5. The van der Waals surface area contributed by atoms with Crippen molar-refractivity contribution in [1.82, 2.24) is 24.9 Å². The minimum atomic E-state index is 0.656. The molecule has 4 heterocycles. The fourth-order valence-electron chi connectivity index (χ4n) is 7.44. The van der Waals surface area contributed by atoms with Crippen molar-refractivity contribution in [3.8, 4) is 67.9 Å². The van der Waals surface area contributed by atoms with Gasteiger partial charge in [0, 0.05) is 58.1 Å². The van der Waals surface area contributed by atoms with E-state index in [0.717, 1.165) is 71.5 Å². The molecule has 0 saturated carbocycles. The first kappa shape index (κ1) is 32.5. The van der Waals surface area contributed by atoms with Crippen molar-refractivity contribution >= 4 is 63.1 Å². The van der Waals surface area contributed by atoms with Crippen molar-refractivity contribution in [2.45, 2.75) is 0 Å². The molecule has 11 aromatic rings. The zero-order valence-electron chi connectivity index (χ0n) is 29.8. The molecule has 0 saturated heterocycles. The predicted molar refractivity (Wildman–Crippen MR) is 234 cm³/mol. The Bertz CT molecular complexity index is 3170. The van der Waals surface area contributed by atoms with Crippen LogP contribution in [0.1, 0.15) is 0 Å². The van der Waals surface area contributed by atoms with Gasteiger partial charge in [-0.15, -0.1) is 22.7 Å². The Labute approximate surface area is 330 Å². The van der Waals surface area contributed by atoms with Gasteiger partial charge in [-0.05, 0) is 29.3 Å². The lowest BCUT2D eigenvalue weighted by Gasteiger charge is -2.10. The molecule has 262 valence electrons. The van der Waals surface area contributed by atoms with E-state index in [2.05, 4.69) is 97.1 Å². The van der Waals surface area contributed by atoms with Gasteiger partial charge in [0.1, 0.15) is 0 Å². The molecule has 0 aliphatic rings. The van der Waals surface area contributed by atoms with Crippen LogP contribution in [0.2, 0.25) is 0 Å². The molecule has 0 atom stereocenters. The summed E-state index contributed by atoms with van der Waals surface area (Å²) >= 11 is 3.55. The number of benzene rings is 7. The van der Waals surface area contributed by atoms with Gasteiger partial charge in [0.25, 0.3) is 0 Å². The summed E-state index contributed by atoms with van der Waals surface area (Å²) < 4.78 is 4.72. The van der Waals surface area contributed by atoms with E-state index in [1.54, 1.807) is 22.7 Å². The van der Waals surface area contributed by atoms with Crippen molar-refractivity contribution in [3.05, 3.63) is 176 Å². The molecule has 0 amide bonds. The standard InChI is InChI=1S/C49H29N5S2/c1-4-13-32(14-5-1)46-50-43(45-44(51-46)37-19-10-11-21-39(37)56-45)31-25-23-30(24-26-31)35-27-28-36-41(29-35)55-40-22-12-20-38(42(36)40)49-53-47(33-15-6-2-7-16-33)52-48(54-49)34-17-8-3-9-18-34/h1-29H. The van der Waals surface area contributed by atoms with E-state index in [1.165, 1.54) is 19.5 Å². The highest BCUT2D eigenvalue weighted by Gasteiger charge is 2.19. The number of hydrogen-bond acceptors (Lipinski definition) is 7. The normalized spacial score (nSPS) is 11.6. The predicted octanol–water partition coefficient (Wildman–Crippen LogP) is 13.4. The van der Waals surface area contributed by atoms with E-state index < -0.39 is 0 Å². The van der Waals surface area contributed by atoms with Crippen molar-refractivity contribution in [3.63, 3.8) is 0 Å². The zero-order valence-corrected chi connectivity index (χ0v) is 31.4. The summed E-state index contributed by atoms with van der Waals surface area (Å²) in [6, 6.07) is 61.0. The Morgan fingerprint density at radius 3 is 1.55 bits per heavy atom. The van der Waals surface area contributed by atoms with E-state index in [4.69, 9.17) is 24.9 Å². The largest absolute Gasteiger partial charge is 0.226 e. The Hall–Kier alpha value is -6.93. The summed E-state index contributed by atoms with van der Waals surface area (Å²) in [4.78, 5) is 25.3. The second kappa shape index (κ2) is 13.4. The molecule has 5 nitrogen and oxygen atoms in total. The highest BCUT2D eigenvalue weighted by atomic mass is 32.1. The molecule has 0 fully saturated rings. The van der Waals surface area contributed by atoms with E-state index in [0.29, 0.717) is 17.5 Å². The van der Waals surface area contributed by atoms with Crippen LogP contribution in [0.5, 0.6) is 0 Å². The molecule has 7 heteroatoms. The minimum absolute atomic E-state index is 0.656. The molecule has 0 spiro atoms. The molecule has 11 rings (SSSR count). The monoisotopic (exact) mass is 751 g/mol. The van der Waals surface area contributed by atoms with E-state index in [-0.39, 0.29) is 0 Å². The van der Waals surface area contributed by atoms with Crippen LogP contribution in [0.3, 0.4) is 0 Å². The topological polar surface area (TPSA) is 64.5 Å². The molecule has 0 aliphatic heterocycles. The van der Waals surface area contributed by atoms with Gasteiger partial charge in [-0.2, -0.15) is 0 Å². The highest BCUT2D eigenvalue weighted by Crippen LogP contribution is 2.43. The van der Waals surface area contributed by atoms with Crippen molar-refractivity contribution in [1.29, 1.82) is 0 Å². The van der Waals surface area contributed by atoms with Crippen LogP contribution < -0.4 is 0 Å². The summed E-state index contributed by atoms with van der Waals surface area (Å²) in [6.07, 6.45) is 0. The lowest BCUT2D eigenvalue weighted by molar-refractivity contribution is 1.08. The van der Waals surface area contributed by atoms with Crippen LogP contribution in [0, 0.1) is 0 Å². The number of aromatic nitrogens is 5. The zero-order chi connectivity index (χ0) is 37.0. The van der Waals surface area contributed by atoms with Gasteiger partial charge in [-0.1, -0.05) is 158 Å². The first-order valence-electron chi connectivity index (χ1n) is 18.4. The fourth-order valence-corrected chi connectivity index (χ4v) is 9.77. The number of fused-ring (bicyclic) bond motifs is 6. The van der Waals surface area contributed by atoms with Gasteiger partial charge in [0.05, 0.1) is 15.9 Å². The summed E-state index contributed by atoms with van der Waals surface area (Å²) in [5.41, 5.74) is 9.24. The Morgan fingerprint density at radius 2 is 0.875 bits per heavy atom. The number of hydrogen-bond donors (Lipinski definition) is 0. The maximum Gasteiger partial charge on any atom is 0.164 e. The lowest BCUT2D eigenvalue weighted by Crippen LogP contribution is -2.00. The Balaban J connectivity index is 0.999. The smallest absolute Gasteiger partial charge is 0.164 e. The Morgan fingerprint density at radius 1 is 0.321 bits per heavy atom. The first-order valence-corrected chi connectivity index (χ1v) is 20.0. The molecule has 0 aliphatic carbocycles. The first-order chi connectivity index (χ1) is 27.7. The van der Waals surface area contributed by atoms with Crippen LogP contribution in [0.25, 0.3) is 108 Å². The number of thiophene rings is 2. The molecule has 0 radical (unpaired) electrons. The second-order valence-electron chi connectivity index (χ2n) is 13.6. The van der Waals surface area contributed by atoms with Gasteiger partial charge in [0.15, 0.2) is 23.3 Å². The van der Waals surface area contributed by atoms with E-state index in [1.807, 2.05) is 78.9 Å². The molecular weight excluding hydrogens is 723 g/mol. The maximum atomic E-state index is 5.17. The van der Waals surface area contributed by atoms with E-state index >= 15 is 0 Å². The van der Waals surface area contributed by atoms with Crippen LogP contribution >= 0.6 is 22.7 Å². The molecule has 7 aromatic carbocycles. The third-order valence-electron chi connectivity index (χ3n) is 10.2. The maximum absolute atomic E-state index is 5.17.